The molecule has 1 saturated heterocycles. The van der Waals surface area contributed by atoms with Crippen molar-refractivity contribution < 1.29 is 4.79 Å². The molecular formula is C21H25N7O2. The van der Waals surface area contributed by atoms with Crippen LogP contribution in [0.4, 0.5) is 11.4 Å². The Labute approximate surface area is 174 Å². The summed E-state index contributed by atoms with van der Waals surface area (Å²) in [7, 11) is 1.82. The third-order valence-electron chi connectivity index (χ3n) is 5.13. The molecule has 5 N–H and O–H groups in total. The van der Waals surface area contributed by atoms with Gasteiger partial charge in [0.2, 0.25) is 0 Å². The van der Waals surface area contributed by atoms with Gasteiger partial charge >= 0.3 is 0 Å². The van der Waals surface area contributed by atoms with Gasteiger partial charge < -0.3 is 25.8 Å². The van der Waals surface area contributed by atoms with Gasteiger partial charge in [-0.15, -0.1) is 0 Å². The first-order valence-corrected chi connectivity index (χ1v) is 9.91. The molecule has 1 fully saturated rings. The van der Waals surface area contributed by atoms with Gasteiger partial charge in [0.05, 0.1) is 11.9 Å². The van der Waals surface area contributed by atoms with Crippen LogP contribution in [0.5, 0.6) is 0 Å². The smallest absolute Gasteiger partial charge is 0.271 e. The quantitative estimate of drug-likeness (QED) is 0.495. The van der Waals surface area contributed by atoms with E-state index in [4.69, 9.17) is 0 Å². The molecule has 0 spiro atoms. The molecule has 0 bridgehead atoms. The van der Waals surface area contributed by atoms with Crippen LogP contribution in [-0.2, 0) is 0 Å². The molecule has 4 rings (SSSR count). The minimum Gasteiger partial charge on any atom is -0.369 e. The number of aromatic amines is 1. The summed E-state index contributed by atoms with van der Waals surface area (Å²) in [6, 6.07) is 9.07. The topological polar surface area (TPSA) is 114 Å². The van der Waals surface area contributed by atoms with Crippen molar-refractivity contribution in [1.82, 2.24) is 20.9 Å². The summed E-state index contributed by atoms with van der Waals surface area (Å²) >= 11 is 0. The van der Waals surface area contributed by atoms with E-state index in [1.807, 2.05) is 19.2 Å². The molecule has 1 atom stereocenters. The highest BCUT2D eigenvalue weighted by Gasteiger charge is 2.15. The molecule has 3 heterocycles. The third kappa shape index (κ3) is 4.42. The predicted octanol–water partition coefficient (Wildman–Crippen LogP) is 0.555. The molecule has 30 heavy (non-hydrogen) atoms. The number of carbonyl (C=O) groups is 1. The van der Waals surface area contributed by atoms with Crippen LogP contribution in [0.25, 0.3) is 5.70 Å². The number of aliphatic imine (C=N–C) groups is 1. The lowest BCUT2D eigenvalue weighted by atomic mass is 10.1. The van der Waals surface area contributed by atoms with E-state index in [0.717, 1.165) is 43.1 Å². The number of hydrogen-bond acceptors (Lipinski definition) is 7. The fourth-order valence-corrected chi connectivity index (χ4v) is 3.42. The van der Waals surface area contributed by atoms with Crippen molar-refractivity contribution in [2.75, 3.05) is 43.4 Å². The van der Waals surface area contributed by atoms with Gasteiger partial charge in [-0.25, -0.2) is 0 Å². The maximum atomic E-state index is 12.7. The van der Waals surface area contributed by atoms with Crippen molar-refractivity contribution in [2.45, 2.75) is 6.17 Å². The number of amides is 1. The third-order valence-corrected chi connectivity index (χ3v) is 5.13. The van der Waals surface area contributed by atoms with Gasteiger partial charge in [-0.3, -0.25) is 19.9 Å². The maximum absolute atomic E-state index is 12.7. The van der Waals surface area contributed by atoms with Crippen LogP contribution in [0.2, 0.25) is 0 Å². The fourth-order valence-electron chi connectivity index (χ4n) is 3.42. The van der Waals surface area contributed by atoms with Gasteiger partial charge in [-0.1, -0.05) is 0 Å². The van der Waals surface area contributed by atoms with E-state index < -0.39 is 0 Å². The number of carbonyl (C=O) groups excluding carboxylic acids is 1. The zero-order chi connectivity index (χ0) is 20.9. The molecule has 0 aliphatic carbocycles. The molecular weight excluding hydrogens is 382 g/mol. The normalized spacial score (nSPS) is 18.5. The minimum absolute atomic E-state index is 0.107. The highest BCUT2D eigenvalue weighted by molar-refractivity contribution is 6.04. The summed E-state index contributed by atoms with van der Waals surface area (Å²) in [5.74, 6) is -0.332. The van der Waals surface area contributed by atoms with Crippen LogP contribution in [0.15, 0.2) is 52.5 Å². The van der Waals surface area contributed by atoms with Crippen molar-refractivity contribution >= 4 is 29.2 Å². The number of benzene rings is 1. The second kappa shape index (κ2) is 8.93. The van der Waals surface area contributed by atoms with E-state index in [2.05, 4.69) is 36.1 Å². The van der Waals surface area contributed by atoms with Crippen LogP contribution in [0.1, 0.15) is 15.9 Å². The minimum atomic E-state index is -0.366. The number of piperazine rings is 1. The van der Waals surface area contributed by atoms with Gasteiger partial charge in [0, 0.05) is 55.4 Å². The van der Waals surface area contributed by atoms with Crippen molar-refractivity contribution in [3.63, 3.8) is 0 Å². The number of H-pyrrole nitrogens is 1. The Kier molecular flexibility index (Phi) is 5.92. The first-order valence-electron chi connectivity index (χ1n) is 9.91. The van der Waals surface area contributed by atoms with E-state index in [1.54, 1.807) is 36.8 Å². The first kappa shape index (κ1) is 19.9. The molecule has 2 aliphatic heterocycles. The van der Waals surface area contributed by atoms with Gasteiger partial charge in [0.25, 0.3) is 11.5 Å². The number of nitrogens with zero attached hydrogens (tertiary/aromatic N) is 2. The summed E-state index contributed by atoms with van der Waals surface area (Å²) in [5.41, 5.74) is 2.85. The maximum Gasteiger partial charge on any atom is 0.271 e. The number of aromatic nitrogens is 1. The van der Waals surface area contributed by atoms with E-state index >= 15 is 0 Å². The van der Waals surface area contributed by atoms with Crippen molar-refractivity contribution in [3.8, 4) is 0 Å². The summed E-state index contributed by atoms with van der Waals surface area (Å²) < 4.78 is 0. The van der Waals surface area contributed by atoms with E-state index in [-0.39, 0.29) is 23.3 Å². The summed E-state index contributed by atoms with van der Waals surface area (Å²) in [6.45, 7) is 3.78. The lowest BCUT2D eigenvalue weighted by Gasteiger charge is -2.29. The van der Waals surface area contributed by atoms with Gasteiger partial charge in [0.1, 0.15) is 11.9 Å². The molecule has 1 amide bonds. The molecule has 1 aromatic heterocycles. The van der Waals surface area contributed by atoms with E-state index in [9.17, 15) is 9.59 Å². The summed E-state index contributed by atoms with van der Waals surface area (Å²) in [4.78, 5) is 34.1. The molecule has 2 aromatic rings. The first-order chi connectivity index (χ1) is 14.6. The van der Waals surface area contributed by atoms with E-state index in [1.165, 1.54) is 0 Å². The largest absolute Gasteiger partial charge is 0.369 e. The lowest BCUT2D eigenvalue weighted by Crippen LogP contribution is -2.43. The molecule has 0 saturated carbocycles. The molecule has 1 unspecified atom stereocenters. The van der Waals surface area contributed by atoms with Crippen molar-refractivity contribution in [2.24, 2.45) is 4.99 Å². The predicted molar refractivity (Wildman–Crippen MR) is 119 cm³/mol. The van der Waals surface area contributed by atoms with Crippen LogP contribution in [-0.4, -0.2) is 56.5 Å². The Balaban J connectivity index is 1.48. The zero-order valence-electron chi connectivity index (χ0n) is 16.7. The fraction of sp³-hybridized carbons (Fsp3) is 0.286. The number of rotatable bonds is 5. The molecule has 0 radical (unpaired) electrons. The average Bonchev–Trinajstić information content (AvgIpc) is 2.81. The second-order valence-electron chi connectivity index (χ2n) is 7.12. The highest BCUT2D eigenvalue weighted by atomic mass is 16.2. The van der Waals surface area contributed by atoms with E-state index in [0.29, 0.717) is 5.56 Å². The number of nitrogens with one attached hydrogen (secondary N) is 5. The number of anilines is 2. The molecule has 156 valence electrons. The number of pyridine rings is 1. The monoisotopic (exact) mass is 407 g/mol. The second-order valence-corrected chi connectivity index (χ2v) is 7.12. The molecule has 1 aromatic carbocycles. The Morgan fingerprint density at radius 3 is 2.70 bits per heavy atom. The van der Waals surface area contributed by atoms with Crippen LogP contribution < -0.4 is 31.7 Å². The van der Waals surface area contributed by atoms with Gasteiger partial charge in [0.15, 0.2) is 0 Å². The Bertz CT molecular complexity index is 1020. The van der Waals surface area contributed by atoms with Gasteiger partial charge in [-0.2, -0.15) is 0 Å². The highest BCUT2D eigenvalue weighted by Crippen LogP contribution is 2.18. The molecule has 2 aliphatic rings. The number of hydrogen-bond donors (Lipinski definition) is 5. The lowest BCUT2D eigenvalue weighted by molar-refractivity contribution is 0.102. The van der Waals surface area contributed by atoms with Crippen LogP contribution in [0, 0.1) is 0 Å². The van der Waals surface area contributed by atoms with Gasteiger partial charge in [-0.05, 0) is 37.4 Å². The van der Waals surface area contributed by atoms with Crippen LogP contribution in [0.3, 0.4) is 0 Å². The SMILES string of the molecule is CNC1C=NC=C(c2c[nH]c(=O)c(NC(=O)c3ccc(N4CCNCC4)cc3)c2)N1. The summed E-state index contributed by atoms with van der Waals surface area (Å²) in [5, 5.41) is 12.3. The Morgan fingerprint density at radius 2 is 1.97 bits per heavy atom. The Morgan fingerprint density at radius 1 is 1.20 bits per heavy atom. The molecule has 9 nitrogen and oxygen atoms in total. The van der Waals surface area contributed by atoms with Crippen molar-refractivity contribution in [1.29, 1.82) is 0 Å². The zero-order valence-corrected chi connectivity index (χ0v) is 16.7. The molecule has 9 heteroatoms. The standard InChI is InChI=1S/C21H25N7O2/c1-22-19-13-24-12-18(26-19)15-10-17(21(30)25-11-15)27-20(29)14-2-4-16(5-3-14)28-8-6-23-7-9-28/h2-5,10-13,19,22-23,26H,6-9H2,1H3,(H,25,30)(H,27,29). The Hall–Kier alpha value is -3.43. The summed E-state index contributed by atoms with van der Waals surface area (Å²) in [6.07, 6.45) is 4.89. The van der Waals surface area contributed by atoms with Crippen LogP contribution >= 0.6 is 0 Å². The van der Waals surface area contributed by atoms with Crippen molar-refractivity contribution in [3.05, 3.63) is 64.2 Å². The average molecular weight is 407 g/mol.